The summed E-state index contributed by atoms with van der Waals surface area (Å²) in [5, 5.41) is 0. The van der Waals surface area contributed by atoms with Gasteiger partial charge in [0.25, 0.3) is 0 Å². The van der Waals surface area contributed by atoms with Crippen molar-refractivity contribution in [3.63, 3.8) is 0 Å². The molecule has 0 spiro atoms. The van der Waals surface area contributed by atoms with E-state index in [-0.39, 0.29) is 11.7 Å². The molecule has 28 heavy (non-hydrogen) atoms. The zero-order valence-electron chi connectivity index (χ0n) is 15.5. The van der Waals surface area contributed by atoms with Crippen molar-refractivity contribution in [3.05, 3.63) is 84.1 Å². The summed E-state index contributed by atoms with van der Waals surface area (Å²) in [5.41, 5.74) is 2.88. The average Bonchev–Trinajstić information content (AvgIpc) is 3.22. The molecule has 0 fully saturated rings. The number of carbonyl (C=O) groups is 1. The maximum absolute atomic E-state index is 13.8. The summed E-state index contributed by atoms with van der Waals surface area (Å²) in [6.45, 7) is 1.33. The Hall–Kier alpha value is -3.21. The van der Waals surface area contributed by atoms with Gasteiger partial charge in [0.2, 0.25) is 5.91 Å². The molecule has 1 aliphatic heterocycles. The largest absolute Gasteiger partial charge is 0.441 e. The highest BCUT2D eigenvalue weighted by Gasteiger charge is 2.19. The first-order valence-electron chi connectivity index (χ1n) is 9.42. The minimum Gasteiger partial charge on any atom is -0.441 e. The van der Waals surface area contributed by atoms with Crippen molar-refractivity contribution in [1.82, 2.24) is 9.88 Å². The van der Waals surface area contributed by atoms with Crippen molar-refractivity contribution in [1.29, 1.82) is 0 Å². The molecule has 0 bridgehead atoms. The highest BCUT2D eigenvalue weighted by molar-refractivity contribution is 5.78. The van der Waals surface area contributed by atoms with Crippen LogP contribution in [0.2, 0.25) is 0 Å². The standard InChI is InChI=1S/C23H21FN2O2/c24-20-9-5-4-8-19(20)21-16-25-22(28-21)10-11-23(27)26-14-12-18(13-15-26)17-6-2-1-3-7-17/h1-9,12,16H,10-11,13-15H2. The summed E-state index contributed by atoms with van der Waals surface area (Å²) in [6.07, 6.45) is 5.21. The highest BCUT2D eigenvalue weighted by atomic mass is 19.1. The monoisotopic (exact) mass is 376 g/mol. The molecule has 3 aromatic rings. The van der Waals surface area contributed by atoms with Crippen LogP contribution in [-0.4, -0.2) is 28.9 Å². The summed E-state index contributed by atoms with van der Waals surface area (Å²) in [4.78, 5) is 18.6. The Morgan fingerprint density at radius 1 is 1.11 bits per heavy atom. The molecule has 0 N–H and O–H groups in total. The topological polar surface area (TPSA) is 46.3 Å². The number of benzene rings is 2. The molecule has 0 atom stereocenters. The highest BCUT2D eigenvalue weighted by Crippen LogP contribution is 2.25. The number of halogens is 1. The van der Waals surface area contributed by atoms with Gasteiger partial charge in [-0.2, -0.15) is 0 Å². The SMILES string of the molecule is O=C(CCc1ncc(-c2ccccc2F)o1)N1CC=C(c2ccccc2)CC1. The van der Waals surface area contributed by atoms with Crippen molar-refractivity contribution >= 4 is 11.5 Å². The van der Waals surface area contributed by atoms with E-state index >= 15 is 0 Å². The molecule has 1 amide bonds. The minimum atomic E-state index is -0.351. The van der Waals surface area contributed by atoms with Crippen LogP contribution in [0.5, 0.6) is 0 Å². The maximum Gasteiger partial charge on any atom is 0.223 e. The van der Waals surface area contributed by atoms with Crippen LogP contribution in [0.4, 0.5) is 4.39 Å². The Labute approximate surface area is 163 Å². The lowest BCUT2D eigenvalue weighted by molar-refractivity contribution is -0.130. The van der Waals surface area contributed by atoms with Crippen molar-refractivity contribution in [2.45, 2.75) is 19.3 Å². The summed E-state index contributed by atoms with van der Waals surface area (Å²) < 4.78 is 19.5. The second kappa shape index (κ2) is 8.21. The van der Waals surface area contributed by atoms with Crippen LogP contribution in [0.1, 0.15) is 24.3 Å². The van der Waals surface area contributed by atoms with Crippen molar-refractivity contribution in [3.8, 4) is 11.3 Å². The fraction of sp³-hybridized carbons (Fsp3) is 0.217. The number of hydrogen-bond donors (Lipinski definition) is 0. The van der Waals surface area contributed by atoms with Gasteiger partial charge in [-0.1, -0.05) is 48.5 Å². The van der Waals surface area contributed by atoms with Crippen molar-refractivity contribution in [2.24, 2.45) is 0 Å². The number of rotatable bonds is 5. The van der Waals surface area contributed by atoms with Gasteiger partial charge in [0.1, 0.15) is 5.82 Å². The Morgan fingerprint density at radius 3 is 2.64 bits per heavy atom. The molecule has 0 saturated carbocycles. The van der Waals surface area contributed by atoms with E-state index in [1.165, 1.54) is 23.4 Å². The molecule has 0 unspecified atom stereocenters. The molecule has 1 aliphatic rings. The first kappa shape index (κ1) is 18.2. The van der Waals surface area contributed by atoms with Gasteiger partial charge in [0.05, 0.1) is 11.8 Å². The molecule has 4 rings (SSSR count). The summed E-state index contributed by atoms with van der Waals surface area (Å²) in [5.74, 6) is 0.558. The first-order valence-corrected chi connectivity index (χ1v) is 9.42. The summed E-state index contributed by atoms with van der Waals surface area (Å²) >= 11 is 0. The molecule has 5 heteroatoms. The van der Waals surface area contributed by atoms with Crippen LogP contribution in [-0.2, 0) is 11.2 Å². The van der Waals surface area contributed by atoms with Gasteiger partial charge in [-0.3, -0.25) is 4.79 Å². The van der Waals surface area contributed by atoms with Crippen molar-refractivity contribution < 1.29 is 13.6 Å². The van der Waals surface area contributed by atoms with E-state index in [0.717, 1.165) is 6.42 Å². The molecule has 4 nitrogen and oxygen atoms in total. The number of aryl methyl sites for hydroxylation is 1. The number of hydrogen-bond acceptors (Lipinski definition) is 3. The number of nitrogens with zero attached hydrogens (tertiary/aromatic N) is 2. The number of aromatic nitrogens is 1. The lowest BCUT2D eigenvalue weighted by atomic mass is 9.99. The van der Waals surface area contributed by atoms with Crippen LogP contribution >= 0.6 is 0 Å². The lowest BCUT2D eigenvalue weighted by Gasteiger charge is -2.26. The third-order valence-corrected chi connectivity index (χ3v) is 4.95. The van der Waals surface area contributed by atoms with E-state index < -0.39 is 0 Å². The molecule has 2 aromatic carbocycles. The number of amides is 1. The molecule has 2 heterocycles. The van der Waals surface area contributed by atoms with Crippen LogP contribution in [0.3, 0.4) is 0 Å². The normalized spacial score (nSPS) is 14.0. The minimum absolute atomic E-state index is 0.0778. The molecule has 142 valence electrons. The van der Waals surface area contributed by atoms with E-state index in [4.69, 9.17) is 4.42 Å². The smallest absolute Gasteiger partial charge is 0.223 e. The zero-order chi connectivity index (χ0) is 19.3. The number of oxazole rings is 1. The number of carbonyl (C=O) groups excluding carboxylic acids is 1. The zero-order valence-corrected chi connectivity index (χ0v) is 15.5. The maximum atomic E-state index is 13.8. The fourth-order valence-electron chi connectivity index (χ4n) is 3.39. The van der Waals surface area contributed by atoms with Gasteiger partial charge in [-0.25, -0.2) is 9.37 Å². The predicted molar refractivity (Wildman–Crippen MR) is 106 cm³/mol. The summed E-state index contributed by atoms with van der Waals surface area (Å²) in [7, 11) is 0. The van der Waals surface area contributed by atoms with Crippen LogP contribution < -0.4 is 0 Å². The van der Waals surface area contributed by atoms with Gasteiger partial charge in [-0.05, 0) is 29.7 Å². The Morgan fingerprint density at radius 2 is 1.89 bits per heavy atom. The lowest BCUT2D eigenvalue weighted by Crippen LogP contribution is -2.34. The molecular weight excluding hydrogens is 355 g/mol. The van der Waals surface area contributed by atoms with Gasteiger partial charge < -0.3 is 9.32 Å². The third kappa shape index (κ3) is 4.03. The first-order chi connectivity index (χ1) is 13.7. The van der Waals surface area contributed by atoms with E-state index in [2.05, 4.69) is 23.2 Å². The second-order valence-corrected chi connectivity index (χ2v) is 6.78. The average molecular weight is 376 g/mol. The van der Waals surface area contributed by atoms with Gasteiger partial charge >= 0.3 is 0 Å². The quantitative estimate of drug-likeness (QED) is 0.647. The molecule has 1 aromatic heterocycles. The second-order valence-electron chi connectivity index (χ2n) is 6.78. The fourth-order valence-corrected chi connectivity index (χ4v) is 3.39. The summed E-state index contributed by atoms with van der Waals surface area (Å²) in [6, 6.07) is 16.7. The Balaban J connectivity index is 1.33. The Kier molecular flexibility index (Phi) is 5.33. The van der Waals surface area contributed by atoms with Gasteiger partial charge in [-0.15, -0.1) is 0 Å². The van der Waals surface area contributed by atoms with Crippen LogP contribution in [0.25, 0.3) is 16.9 Å². The van der Waals surface area contributed by atoms with Crippen LogP contribution in [0.15, 0.2) is 71.3 Å². The molecule has 0 radical (unpaired) electrons. The van der Waals surface area contributed by atoms with E-state index in [1.807, 2.05) is 23.1 Å². The Bertz CT molecular complexity index is 995. The van der Waals surface area contributed by atoms with Gasteiger partial charge in [0.15, 0.2) is 11.7 Å². The third-order valence-electron chi connectivity index (χ3n) is 4.95. The van der Waals surface area contributed by atoms with E-state index in [0.29, 0.717) is 43.1 Å². The predicted octanol–water partition coefficient (Wildman–Crippen LogP) is 4.73. The molecular formula is C23H21FN2O2. The van der Waals surface area contributed by atoms with E-state index in [1.54, 1.807) is 18.2 Å². The van der Waals surface area contributed by atoms with Gasteiger partial charge in [0, 0.05) is 25.9 Å². The van der Waals surface area contributed by atoms with E-state index in [9.17, 15) is 9.18 Å². The van der Waals surface area contributed by atoms with Crippen molar-refractivity contribution in [2.75, 3.05) is 13.1 Å². The molecule has 0 aliphatic carbocycles. The molecule has 0 saturated heterocycles. The van der Waals surface area contributed by atoms with Crippen LogP contribution in [0, 0.1) is 5.82 Å².